The van der Waals surface area contributed by atoms with Crippen LogP contribution in [0.1, 0.15) is 19.3 Å². The second-order valence-electron chi connectivity index (χ2n) is 3.62. The molecule has 2 atom stereocenters. The molecular formula is C10H14O4. The quantitative estimate of drug-likeness (QED) is 0.652. The number of ether oxygens (including phenoxy) is 2. The summed E-state index contributed by atoms with van der Waals surface area (Å²) < 4.78 is 10.9. The first-order valence-electron chi connectivity index (χ1n) is 4.88. The minimum absolute atomic E-state index is 0.000278. The Morgan fingerprint density at radius 3 is 3.07 bits per heavy atom. The van der Waals surface area contributed by atoms with Crippen LogP contribution in [0.15, 0.2) is 12.2 Å². The van der Waals surface area contributed by atoms with Crippen LogP contribution in [-0.4, -0.2) is 36.0 Å². The highest BCUT2D eigenvalue weighted by atomic mass is 16.7. The number of ketones is 1. The maximum Gasteiger partial charge on any atom is 0.233 e. The van der Waals surface area contributed by atoms with E-state index < -0.39 is 5.79 Å². The fraction of sp³-hybridized carbons (Fsp3) is 0.700. The van der Waals surface area contributed by atoms with E-state index in [2.05, 4.69) is 0 Å². The molecule has 2 aliphatic heterocycles. The van der Waals surface area contributed by atoms with E-state index in [4.69, 9.17) is 14.6 Å². The normalized spacial score (nSPS) is 36.9. The number of aliphatic hydroxyl groups excluding tert-OH is 1. The van der Waals surface area contributed by atoms with E-state index in [0.717, 1.165) is 0 Å². The Balaban J connectivity index is 2.06. The average Bonchev–Trinajstić information content (AvgIpc) is 2.45. The minimum atomic E-state index is -1.03. The van der Waals surface area contributed by atoms with Crippen molar-refractivity contribution in [1.82, 2.24) is 0 Å². The van der Waals surface area contributed by atoms with Crippen molar-refractivity contribution < 1.29 is 19.4 Å². The molecule has 2 rings (SSSR count). The second-order valence-corrected chi connectivity index (χ2v) is 3.62. The number of carbonyl (C=O) groups excluding carboxylic acids is 1. The zero-order chi connectivity index (χ0) is 10.0. The molecule has 0 bridgehead atoms. The van der Waals surface area contributed by atoms with Crippen molar-refractivity contribution >= 4 is 5.78 Å². The summed E-state index contributed by atoms with van der Waals surface area (Å²) in [5.41, 5.74) is 0. The molecule has 1 saturated heterocycles. The lowest BCUT2D eigenvalue weighted by Gasteiger charge is -2.28. The van der Waals surface area contributed by atoms with Gasteiger partial charge in [0.05, 0.1) is 12.7 Å². The summed E-state index contributed by atoms with van der Waals surface area (Å²) in [5, 5.41) is 8.75. The molecule has 2 heterocycles. The van der Waals surface area contributed by atoms with Gasteiger partial charge in [0, 0.05) is 19.4 Å². The van der Waals surface area contributed by atoms with Crippen molar-refractivity contribution in [1.29, 1.82) is 0 Å². The van der Waals surface area contributed by atoms with Gasteiger partial charge in [0.2, 0.25) is 5.79 Å². The predicted molar refractivity (Wildman–Crippen MR) is 48.6 cm³/mol. The van der Waals surface area contributed by atoms with Crippen LogP contribution in [0.3, 0.4) is 0 Å². The smallest absolute Gasteiger partial charge is 0.233 e. The molecule has 0 saturated carbocycles. The minimum Gasteiger partial charge on any atom is -0.396 e. The van der Waals surface area contributed by atoms with Gasteiger partial charge in [-0.3, -0.25) is 4.79 Å². The second kappa shape index (κ2) is 3.81. The van der Waals surface area contributed by atoms with Crippen LogP contribution < -0.4 is 0 Å². The van der Waals surface area contributed by atoms with E-state index in [-0.39, 0.29) is 18.5 Å². The molecule has 1 fully saturated rings. The first kappa shape index (κ1) is 9.83. The van der Waals surface area contributed by atoms with Gasteiger partial charge in [-0.05, 0) is 6.42 Å². The van der Waals surface area contributed by atoms with Gasteiger partial charge in [-0.15, -0.1) is 0 Å². The van der Waals surface area contributed by atoms with Crippen molar-refractivity contribution in [3.63, 3.8) is 0 Å². The Kier molecular flexibility index (Phi) is 2.67. The molecular weight excluding hydrogens is 184 g/mol. The predicted octanol–water partition coefficient (Wildman–Crippen LogP) is 0.400. The molecule has 0 aromatic carbocycles. The van der Waals surface area contributed by atoms with E-state index in [9.17, 15) is 4.79 Å². The van der Waals surface area contributed by atoms with E-state index in [0.29, 0.717) is 25.9 Å². The molecule has 78 valence electrons. The van der Waals surface area contributed by atoms with Crippen molar-refractivity contribution in [2.75, 3.05) is 13.2 Å². The Morgan fingerprint density at radius 1 is 1.57 bits per heavy atom. The number of Topliss-reactive ketones (excluding diaryl/α,β-unsaturated/α-hetero) is 1. The molecule has 0 amide bonds. The first-order valence-corrected chi connectivity index (χ1v) is 4.88. The van der Waals surface area contributed by atoms with E-state index in [1.807, 2.05) is 12.2 Å². The molecule has 4 heteroatoms. The third kappa shape index (κ3) is 1.61. The largest absolute Gasteiger partial charge is 0.396 e. The van der Waals surface area contributed by atoms with Gasteiger partial charge in [0.25, 0.3) is 0 Å². The molecule has 1 N–H and O–H groups in total. The van der Waals surface area contributed by atoms with Crippen molar-refractivity contribution in [2.24, 2.45) is 0 Å². The lowest BCUT2D eigenvalue weighted by Crippen LogP contribution is -2.40. The molecule has 4 nitrogen and oxygen atoms in total. The Hall–Kier alpha value is -0.710. The SMILES string of the molecule is O=C1C[C@@H](CCO)O[C@]12CC=CCO2. The number of carbonyl (C=O) groups is 1. The van der Waals surface area contributed by atoms with Crippen LogP contribution in [0.25, 0.3) is 0 Å². The summed E-state index contributed by atoms with van der Waals surface area (Å²) in [6.45, 7) is 0.474. The van der Waals surface area contributed by atoms with Gasteiger partial charge in [0.15, 0.2) is 5.78 Å². The number of hydrogen-bond acceptors (Lipinski definition) is 4. The van der Waals surface area contributed by atoms with Crippen molar-refractivity contribution in [2.45, 2.75) is 31.2 Å². The lowest BCUT2D eigenvalue weighted by atomic mass is 10.0. The summed E-state index contributed by atoms with van der Waals surface area (Å²) in [4.78, 5) is 11.7. The maximum atomic E-state index is 11.7. The van der Waals surface area contributed by atoms with Crippen molar-refractivity contribution in [3.05, 3.63) is 12.2 Å². The zero-order valence-corrected chi connectivity index (χ0v) is 7.94. The first-order chi connectivity index (χ1) is 6.77. The van der Waals surface area contributed by atoms with E-state index in [1.54, 1.807) is 0 Å². The summed E-state index contributed by atoms with van der Waals surface area (Å²) in [6.07, 6.45) is 4.95. The van der Waals surface area contributed by atoms with Crippen LogP contribution in [0.4, 0.5) is 0 Å². The summed E-state index contributed by atoms with van der Waals surface area (Å²) in [7, 11) is 0. The van der Waals surface area contributed by atoms with Gasteiger partial charge in [-0.2, -0.15) is 0 Å². The number of rotatable bonds is 2. The lowest BCUT2D eigenvalue weighted by molar-refractivity contribution is -0.218. The van der Waals surface area contributed by atoms with Gasteiger partial charge in [0.1, 0.15) is 0 Å². The molecule has 0 aliphatic carbocycles. The summed E-state index contributed by atoms with van der Waals surface area (Å²) >= 11 is 0. The van der Waals surface area contributed by atoms with E-state index >= 15 is 0 Å². The summed E-state index contributed by atoms with van der Waals surface area (Å²) in [5.74, 6) is -1.03. The molecule has 0 unspecified atom stereocenters. The van der Waals surface area contributed by atoms with Crippen LogP contribution in [-0.2, 0) is 14.3 Å². The molecule has 0 aromatic heterocycles. The van der Waals surface area contributed by atoms with Crippen LogP contribution in [0.5, 0.6) is 0 Å². The van der Waals surface area contributed by atoms with E-state index in [1.165, 1.54) is 0 Å². The van der Waals surface area contributed by atoms with Crippen molar-refractivity contribution in [3.8, 4) is 0 Å². The third-order valence-electron chi connectivity index (χ3n) is 2.61. The Morgan fingerprint density at radius 2 is 2.43 bits per heavy atom. The van der Waals surface area contributed by atoms with Crippen LogP contribution >= 0.6 is 0 Å². The Labute approximate surface area is 82.5 Å². The van der Waals surface area contributed by atoms with Gasteiger partial charge < -0.3 is 14.6 Å². The topological polar surface area (TPSA) is 55.8 Å². The molecule has 0 aromatic rings. The third-order valence-corrected chi connectivity index (χ3v) is 2.61. The van der Waals surface area contributed by atoms with Gasteiger partial charge in [-0.1, -0.05) is 12.2 Å². The highest BCUT2D eigenvalue weighted by molar-refractivity contribution is 5.88. The summed E-state index contributed by atoms with van der Waals surface area (Å²) in [6, 6.07) is 0. The monoisotopic (exact) mass is 198 g/mol. The van der Waals surface area contributed by atoms with Gasteiger partial charge >= 0.3 is 0 Å². The Bertz CT molecular complexity index is 261. The molecule has 0 radical (unpaired) electrons. The van der Waals surface area contributed by atoms with Crippen LogP contribution in [0.2, 0.25) is 0 Å². The molecule has 1 spiro atoms. The average molecular weight is 198 g/mol. The zero-order valence-electron chi connectivity index (χ0n) is 7.94. The maximum absolute atomic E-state index is 11.7. The van der Waals surface area contributed by atoms with Gasteiger partial charge in [-0.25, -0.2) is 0 Å². The molecule has 14 heavy (non-hydrogen) atoms. The highest BCUT2D eigenvalue weighted by Crippen LogP contribution is 2.34. The van der Waals surface area contributed by atoms with Crippen LogP contribution in [0, 0.1) is 0 Å². The highest BCUT2D eigenvalue weighted by Gasteiger charge is 2.48. The standard InChI is InChI=1S/C10H14O4/c11-5-3-8-7-9(12)10(14-8)4-1-2-6-13-10/h1-2,8,11H,3-7H2/t8-,10-/m1/s1. The fourth-order valence-electron chi connectivity index (χ4n) is 1.87. The number of aliphatic hydroxyl groups is 1. The fourth-order valence-corrected chi connectivity index (χ4v) is 1.87. The number of hydrogen-bond donors (Lipinski definition) is 1. The molecule has 2 aliphatic rings.